The van der Waals surface area contributed by atoms with Gasteiger partial charge in [0, 0.05) is 15.1 Å². The lowest BCUT2D eigenvalue weighted by Gasteiger charge is -2.00. The number of thioether (sulfide) groups is 1. The number of thiophene rings is 1. The van der Waals surface area contributed by atoms with E-state index < -0.39 is 0 Å². The number of pyridine rings is 1. The molecule has 0 aliphatic rings. The summed E-state index contributed by atoms with van der Waals surface area (Å²) in [6, 6.07) is 5.70. The van der Waals surface area contributed by atoms with Gasteiger partial charge in [0.1, 0.15) is 0 Å². The van der Waals surface area contributed by atoms with Gasteiger partial charge in [-0.25, -0.2) is 4.98 Å². The molecular weight excluding hydrogens is 386 g/mol. The van der Waals surface area contributed by atoms with Crippen LogP contribution in [0.1, 0.15) is 9.67 Å². The third-order valence-corrected chi connectivity index (χ3v) is 5.21. The highest BCUT2D eigenvalue weighted by Crippen LogP contribution is 2.26. The molecule has 0 saturated carbocycles. The van der Waals surface area contributed by atoms with Gasteiger partial charge in [0.2, 0.25) is 0 Å². The van der Waals surface area contributed by atoms with Crippen LogP contribution in [0.5, 0.6) is 0 Å². The number of aromatic nitrogens is 1. The molecule has 0 radical (unpaired) electrons. The maximum Gasteiger partial charge on any atom is 0.184 e. The first-order chi connectivity index (χ1) is 8.16. The van der Waals surface area contributed by atoms with Gasteiger partial charge in [0.05, 0.1) is 15.7 Å². The van der Waals surface area contributed by atoms with E-state index in [4.69, 9.17) is 0 Å². The van der Waals surface area contributed by atoms with E-state index in [1.54, 1.807) is 6.20 Å². The highest BCUT2D eigenvalue weighted by atomic mass is 79.9. The Balaban J connectivity index is 1.97. The predicted octanol–water partition coefficient (Wildman–Crippen LogP) is 4.64. The molecule has 0 amide bonds. The van der Waals surface area contributed by atoms with E-state index in [2.05, 4.69) is 36.8 Å². The van der Waals surface area contributed by atoms with Gasteiger partial charge in [-0.1, -0.05) is 11.8 Å². The van der Waals surface area contributed by atoms with E-state index >= 15 is 0 Å². The molecule has 17 heavy (non-hydrogen) atoms. The first kappa shape index (κ1) is 13.3. The van der Waals surface area contributed by atoms with Crippen LogP contribution in [-0.4, -0.2) is 16.5 Å². The molecule has 2 aromatic heterocycles. The number of Topliss-reactive ketones (excluding diaryl/α,β-unsaturated/α-hetero) is 1. The molecule has 0 aromatic carbocycles. The molecule has 0 bridgehead atoms. The zero-order valence-electron chi connectivity index (χ0n) is 8.52. The average molecular weight is 393 g/mol. The zero-order chi connectivity index (χ0) is 12.3. The predicted molar refractivity (Wildman–Crippen MR) is 79.0 cm³/mol. The maximum atomic E-state index is 11.9. The number of nitrogens with zero attached hydrogens (tertiary/aromatic N) is 1. The molecule has 0 fully saturated rings. The molecule has 0 unspecified atom stereocenters. The van der Waals surface area contributed by atoms with Crippen LogP contribution in [0, 0.1) is 0 Å². The second-order valence-corrected chi connectivity index (χ2v) is 6.81. The highest BCUT2D eigenvalue weighted by Gasteiger charge is 2.12. The monoisotopic (exact) mass is 391 g/mol. The topological polar surface area (TPSA) is 30.0 Å². The van der Waals surface area contributed by atoms with Crippen molar-refractivity contribution in [2.45, 2.75) is 5.03 Å². The second kappa shape index (κ2) is 6.13. The number of rotatable bonds is 4. The van der Waals surface area contributed by atoms with E-state index in [0.29, 0.717) is 5.75 Å². The molecule has 6 heteroatoms. The van der Waals surface area contributed by atoms with E-state index in [1.165, 1.54) is 23.1 Å². The van der Waals surface area contributed by atoms with Crippen molar-refractivity contribution in [1.29, 1.82) is 0 Å². The van der Waals surface area contributed by atoms with Crippen LogP contribution in [0.2, 0.25) is 0 Å². The Morgan fingerprint density at radius 2 is 2.18 bits per heavy atom. The summed E-state index contributed by atoms with van der Waals surface area (Å²) in [6.07, 6.45) is 1.73. The summed E-state index contributed by atoms with van der Waals surface area (Å²) < 4.78 is 1.81. The second-order valence-electron chi connectivity index (χ2n) is 3.12. The maximum absolute atomic E-state index is 11.9. The molecule has 2 nitrogen and oxygen atoms in total. The summed E-state index contributed by atoms with van der Waals surface area (Å²) in [5.41, 5.74) is 0. The lowest BCUT2D eigenvalue weighted by Crippen LogP contribution is -2.00. The normalized spacial score (nSPS) is 10.5. The van der Waals surface area contributed by atoms with Gasteiger partial charge in [-0.2, -0.15) is 0 Å². The number of ketones is 1. The number of carbonyl (C=O) groups is 1. The average Bonchev–Trinajstić information content (AvgIpc) is 2.74. The minimum atomic E-state index is 0.126. The first-order valence-corrected chi connectivity index (χ1v) is 8.12. The molecule has 0 aliphatic carbocycles. The first-order valence-electron chi connectivity index (χ1n) is 4.67. The summed E-state index contributed by atoms with van der Waals surface area (Å²) in [6.45, 7) is 0. The third kappa shape index (κ3) is 3.64. The molecule has 2 aromatic rings. The Labute approximate surface area is 124 Å². The fourth-order valence-corrected chi connectivity index (χ4v) is 3.72. The van der Waals surface area contributed by atoms with E-state index in [1.807, 2.05) is 23.6 Å². The molecule has 2 rings (SSSR count). The number of hydrogen-bond donors (Lipinski definition) is 0. The van der Waals surface area contributed by atoms with Crippen LogP contribution in [-0.2, 0) is 0 Å². The van der Waals surface area contributed by atoms with Crippen LogP contribution in [0.4, 0.5) is 0 Å². The fraction of sp³-hybridized carbons (Fsp3) is 0.0909. The smallest absolute Gasteiger partial charge is 0.184 e. The van der Waals surface area contributed by atoms with Crippen molar-refractivity contribution in [1.82, 2.24) is 4.98 Å². The summed E-state index contributed by atoms with van der Waals surface area (Å²) in [4.78, 5) is 16.9. The van der Waals surface area contributed by atoms with Crippen molar-refractivity contribution in [2.24, 2.45) is 0 Å². The van der Waals surface area contributed by atoms with Gasteiger partial charge < -0.3 is 0 Å². The minimum Gasteiger partial charge on any atom is -0.292 e. The standard InChI is InChI=1S/C11H7Br2NOS2/c12-7-1-2-10(14-5-7)17-6-9(15)11-8(13)3-4-16-11/h1-5H,6H2. The van der Waals surface area contributed by atoms with E-state index in [9.17, 15) is 4.79 Å². The van der Waals surface area contributed by atoms with Crippen LogP contribution < -0.4 is 0 Å². The van der Waals surface area contributed by atoms with Crippen molar-refractivity contribution >= 4 is 60.7 Å². The van der Waals surface area contributed by atoms with Gasteiger partial charge in [0.15, 0.2) is 5.78 Å². The summed E-state index contributed by atoms with van der Waals surface area (Å²) >= 11 is 9.59. The molecule has 2 heterocycles. The van der Waals surface area contributed by atoms with E-state index in [0.717, 1.165) is 18.8 Å². The Morgan fingerprint density at radius 1 is 1.35 bits per heavy atom. The highest BCUT2D eigenvalue weighted by molar-refractivity contribution is 9.10. The molecule has 88 valence electrons. The zero-order valence-corrected chi connectivity index (χ0v) is 13.3. The van der Waals surface area contributed by atoms with Gasteiger partial charge in [-0.15, -0.1) is 11.3 Å². The Kier molecular flexibility index (Phi) is 4.78. The number of carbonyl (C=O) groups excluding carboxylic acids is 1. The van der Waals surface area contributed by atoms with Crippen molar-refractivity contribution in [3.8, 4) is 0 Å². The lowest BCUT2D eigenvalue weighted by molar-refractivity contribution is 0.102. The molecule has 0 N–H and O–H groups in total. The van der Waals surface area contributed by atoms with Crippen LogP contribution >= 0.6 is 55.0 Å². The largest absolute Gasteiger partial charge is 0.292 e. The third-order valence-electron chi connectivity index (χ3n) is 1.92. The molecule has 0 saturated heterocycles. The molecule has 0 aliphatic heterocycles. The minimum absolute atomic E-state index is 0.126. The number of hydrogen-bond acceptors (Lipinski definition) is 4. The van der Waals surface area contributed by atoms with Crippen molar-refractivity contribution < 1.29 is 4.79 Å². The van der Waals surface area contributed by atoms with Gasteiger partial charge in [-0.3, -0.25) is 4.79 Å². The Morgan fingerprint density at radius 3 is 2.76 bits per heavy atom. The summed E-state index contributed by atoms with van der Waals surface area (Å²) in [5, 5.41) is 2.76. The van der Waals surface area contributed by atoms with Crippen LogP contribution in [0.15, 0.2) is 43.7 Å². The molecule has 0 atom stereocenters. The SMILES string of the molecule is O=C(CSc1ccc(Br)cn1)c1sccc1Br. The summed E-state index contributed by atoms with van der Waals surface area (Å²) in [5.74, 6) is 0.537. The fourth-order valence-electron chi connectivity index (χ4n) is 1.15. The van der Waals surface area contributed by atoms with Crippen molar-refractivity contribution in [3.05, 3.63) is 43.6 Å². The van der Waals surface area contributed by atoms with Crippen molar-refractivity contribution in [2.75, 3.05) is 5.75 Å². The van der Waals surface area contributed by atoms with E-state index in [-0.39, 0.29) is 5.78 Å². The van der Waals surface area contributed by atoms with Crippen molar-refractivity contribution in [3.63, 3.8) is 0 Å². The van der Waals surface area contributed by atoms with Gasteiger partial charge in [-0.05, 0) is 55.4 Å². The van der Waals surface area contributed by atoms with Crippen LogP contribution in [0.3, 0.4) is 0 Å². The Bertz CT molecular complexity index is 525. The van der Waals surface area contributed by atoms with Gasteiger partial charge in [0.25, 0.3) is 0 Å². The lowest BCUT2D eigenvalue weighted by atomic mass is 10.3. The van der Waals surface area contributed by atoms with Crippen LogP contribution in [0.25, 0.3) is 0 Å². The molecular formula is C11H7Br2NOS2. The number of halogens is 2. The quantitative estimate of drug-likeness (QED) is 0.560. The molecule has 0 spiro atoms. The van der Waals surface area contributed by atoms with Gasteiger partial charge >= 0.3 is 0 Å². The Hall–Kier alpha value is -0.170. The summed E-state index contributed by atoms with van der Waals surface area (Å²) in [7, 11) is 0.